The molecule has 12 atom stereocenters. The van der Waals surface area contributed by atoms with Gasteiger partial charge in [0.1, 0.15) is 19.4 Å². The second-order valence-electron chi connectivity index (χ2n) is 29.0. The van der Waals surface area contributed by atoms with Crippen molar-refractivity contribution in [2.75, 3.05) is 95.2 Å². The van der Waals surface area contributed by atoms with Gasteiger partial charge in [-0.3, -0.25) is 38.9 Å². The van der Waals surface area contributed by atoms with Crippen LogP contribution in [0, 0.1) is 46.3 Å². The van der Waals surface area contributed by atoms with Crippen molar-refractivity contribution in [2.24, 2.45) is 40.2 Å². The number of alkyl halides is 2. The third-order valence-electron chi connectivity index (χ3n) is 21.6. The van der Waals surface area contributed by atoms with Gasteiger partial charge in [0.15, 0.2) is 34.9 Å². The number of hydrogen-bond donors (Lipinski definition) is 7. The molecule has 4 fully saturated rings. The predicted octanol–water partition coefficient (Wildman–Crippen LogP) is 8.40. The number of nitrogens with two attached hydrogens (primary N) is 1. The summed E-state index contributed by atoms with van der Waals surface area (Å²) in [5.74, 6) is 1.05. The van der Waals surface area contributed by atoms with Crippen molar-refractivity contribution in [3.05, 3.63) is 149 Å². The van der Waals surface area contributed by atoms with Gasteiger partial charge in [0.05, 0.1) is 83.3 Å². The summed E-state index contributed by atoms with van der Waals surface area (Å²) >= 11 is 0. The first kappa shape index (κ1) is 81.4. The molecule has 0 bridgehead atoms. The Morgan fingerprint density at radius 3 is 2.09 bits per heavy atom. The number of carbonyl (C=O) groups excluding carboxylic acids is 9. The molecule has 4 aliphatic carbocycles. The highest BCUT2D eigenvalue weighted by atomic mass is 19.1. The van der Waals surface area contributed by atoms with E-state index >= 15 is 8.78 Å². The maximum Gasteiger partial charge on any atom is 0.411 e. The van der Waals surface area contributed by atoms with E-state index in [1.165, 1.54) is 26.2 Å². The number of benzene rings is 4. The van der Waals surface area contributed by atoms with Gasteiger partial charge in [0.2, 0.25) is 23.6 Å². The van der Waals surface area contributed by atoms with Gasteiger partial charge in [-0.25, -0.2) is 18.4 Å². The van der Waals surface area contributed by atoms with Crippen LogP contribution < -0.4 is 37.2 Å². The number of hydrogen-bond acceptors (Lipinski definition) is 18. The van der Waals surface area contributed by atoms with Crippen molar-refractivity contribution in [3.8, 4) is 11.8 Å². The number of nitrogens with one attached hydrogen (secondary N) is 5. The number of fused-ring (bicyclic) bond motifs is 9. The van der Waals surface area contributed by atoms with Crippen LogP contribution >= 0.6 is 0 Å². The third-order valence-corrected chi connectivity index (χ3v) is 21.6. The topological polar surface area (TPSA) is 337 Å². The number of ketones is 3. The lowest BCUT2D eigenvalue weighted by atomic mass is 9.44. The molecule has 1 saturated heterocycles. The summed E-state index contributed by atoms with van der Waals surface area (Å²) in [5, 5.41) is 25.6. The largest absolute Gasteiger partial charge is 0.444 e. The molecule has 25 nitrogen and oxygen atoms in total. The van der Waals surface area contributed by atoms with Crippen molar-refractivity contribution in [3.63, 3.8) is 0 Å². The number of aryl methyl sites for hydroxylation is 1. The number of rotatable bonds is 38. The van der Waals surface area contributed by atoms with E-state index in [0.29, 0.717) is 74.9 Å². The van der Waals surface area contributed by atoms with Gasteiger partial charge >= 0.3 is 12.1 Å². The molecule has 3 saturated carbocycles. The Hall–Kier alpha value is -9.11. The number of nitrogens with zero attached hydrogens (tertiary/aromatic N) is 1. The molecule has 108 heavy (non-hydrogen) atoms. The minimum absolute atomic E-state index is 0.0119. The summed E-state index contributed by atoms with van der Waals surface area (Å²) in [7, 11) is 1.39. The van der Waals surface area contributed by atoms with E-state index in [4.69, 9.17) is 43.6 Å². The van der Waals surface area contributed by atoms with Gasteiger partial charge in [-0.2, -0.15) is 0 Å². The third kappa shape index (κ3) is 19.3. The smallest absolute Gasteiger partial charge is 0.411 e. The maximum absolute atomic E-state index is 17.9. The van der Waals surface area contributed by atoms with Crippen molar-refractivity contribution in [1.82, 2.24) is 16.0 Å². The van der Waals surface area contributed by atoms with E-state index in [0.717, 1.165) is 28.3 Å². The van der Waals surface area contributed by atoms with E-state index in [2.05, 4.69) is 38.4 Å². The first-order valence-corrected chi connectivity index (χ1v) is 37.0. The zero-order valence-electron chi connectivity index (χ0n) is 61.8. The fourth-order valence-electron chi connectivity index (χ4n) is 16.1. The number of halogens is 2. The minimum Gasteiger partial charge on any atom is -0.444 e. The summed E-state index contributed by atoms with van der Waals surface area (Å²) in [6, 6.07) is 27.2. The number of primary amides is 1. The molecule has 0 aromatic heterocycles. The van der Waals surface area contributed by atoms with Crippen LogP contribution in [0.2, 0.25) is 0 Å². The van der Waals surface area contributed by atoms with Crippen LogP contribution in [0.1, 0.15) is 120 Å². The summed E-state index contributed by atoms with van der Waals surface area (Å²) in [6.07, 6.45) is -1.13. The standard InChI is InChI=1S/C81H99F2N7O18/c1-51(2)74(89-71(96)31-35-102-37-39-104-41-42-105-40-38-103-36-34-85-70(95)27-28-72(97)90-48-57-13-7-6-11-54(57)21-22-55-12-8-9-15-65(55)90)66(92)43-56(14-10-33-86-76(84)99)75(98)87-58-25-18-53(19-26-58)49-106-77(100)88-59-23-16-52(17-24-59)20-29-73-107-69-46-61-62-45-64(82)63-44-60(91)30-32-78(63,3)80(62,83)67(93)47-79(61,4)81(69,108-73)68(94)50-101-5/h6-9,11-13,15-19,23-26,30,32,44,51,56,61-62,64,67,69,73-74,93H,10,14,20,27-29,31,33-43,45-50H2,1-5H3,(H,85,95)(H,87,98)(H,88,100)(H,89,96)(H3,84,86,99)/t56-,61+,62+,64+,67+,69-,73?,74+,78+,79+,80+,81-/m1/s1. The van der Waals surface area contributed by atoms with E-state index in [1.807, 2.05) is 60.7 Å². The lowest BCUT2D eigenvalue weighted by Gasteiger charge is -2.63. The Morgan fingerprint density at radius 1 is 0.750 bits per heavy atom. The van der Waals surface area contributed by atoms with E-state index in [1.54, 1.807) is 62.1 Å². The fourth-order valence-corrected chi connectivity index (χ4v) is 16.1. The Morgan fingerprint density at radius 2 is 1.40 bits per heavy atom. The van der Waals surface area contributed by atoms with E-state index in [9.17, 15) is 48.3 Å². The Kier molecular flexibility index (Phi) is 28.1. The number of urea groups is 1. The molecular weight excluding hydrogens is 1400 g/mol. The van der Waals surface area contributed by atoms with Crippen LogP contribution in [0.3, 0.4) is 0 Å². The number of ether oxygens (including phenoxy) is 8. The number of allylic oxidation sites excluding steroid dienone is 4. The van der Waals surface area contributed by atoms with Gasteiger partial charge < -0.3 is 74.9 Å². The van der Waals surface area contributed by atoms with E-state index in [-0.39, 0.29) is 133 Å². The van der Waals surface area contributed by atoms with Crippen LogP contribution in [0.4, 0.5) is 35.4 Å². The van der Waals surface area contributed by atoms with Crippen LogP contribution in [-0.4, -0.2) is 180 Å². The molecule has 10 rings (SSSR count). The van der Waals surface area contributed by atoms with Crippen LogP contribution in [-0.2, 0) is 91.0 Å². The average molecular weight is 1500 g/mol. The summed E-state index contributed by atoms with van der Waals surface area (Å²) in [5.41, 5.74) is 4.14. The molecule has 0 radical (unpaired) electrons. The molecule has 7 amide bonds. The molecule has 580 valence electrons. The highest BCUT2D eigenvalue weighted by molar-refractivity contribution is 6.02. The van der Waals surface area contributed by atoms with Gasteiger partial charge in [0, 0.05) is 97.5 Å². The van der Waals surface area contributed by atoms with Crippen molar-refractivity contribution < 1.29 is 94.9 Å². The van der Waals surface area contributed by atoms with Gasteiger partial charge in [-0.1, -0.05) is 93.3 Å². The first-order valence-electron chi connectivity index (χ1n) is 37.0. The minimum atomic E-state index is -2.34. The number of anilines is 3. The van der Waals surface area contributed by atoms with Crippen LogP contribution in [0.15, 0.2) is 121 Å². The monoisotopic (exact) mass is 1500 g/mol. The molecular formula is C81H99F2N7O18. The normalized spacial score (nSPS) is 24.8. The molecule has 4 aromatic rings. The Balaban J connectivity index is 0.585. The Bertz CT molecular complexity index is 4020. The van der Waals surface area contributed by atoms with Crippen molar-refractivity contribution in [2.45, 2.75) is 153 Å². The molecule has 27 heteroatoms. The molecule has 6 aliphatic rings. The second-order valence-corrected chi connectivity index (χ2v) is 29.0. The van der Waals surface area contributed by atoms with Crippen LogP contribution in [0.25, 0.3) is 0 Å². The van der Waals surface area contributed by atoms with Gasteiger partial charge in [-0.05, 0) is 134 Å². The summed E-state index contributed by atoms with van der Waals surface area (Å²) < 4.78 is 80.4. The Labute approximate surface area is 627 Å². The molecule has 2 aliphatic heterocycles. The van der Waals surface area contributed by atoms with Crippen molar-refractivity contribution >= 4 is 70.2 Å². The predicted molar refractivity (Wildman–Crippen MR) is 394 cm³/mol. The second kappa shape index (κ2) is 37.3. The quantitative estimate of drug-likeness (QED) is 0.0163. The summed E-state index contributed by atoms with van der Waals surface area (Å²) in [4.78, 5) is 120. The van der Waals surface area contributed by atoms with Gasteiger partial charge in [-0.15, -0.1) is 0 Å². The number of Topliss-reactive ketones (excluding diaryl/α,β-unsaturated/α-hetero) is 2. The highest BCUT2D eigenvalue weighted by Crippen LogP contribution is 2.72. The molecule has 0 spiro atoms. The number of carbonyl (C=O) groups is 9. The lowest BCUT2D eigenvalue weighted by molar-refractivity contribution is -0.234. The number of methoxy groups -OCH3 is 1. The van der Waals surface area contributed by atoms with Gasteiger partial charge in [0.25, 0.3) is 0 Å². The molecule has 1 unspecified atom stereocenters. The molecule has 4 aromatic carbocycles. The highest BCUT2D eigenvalue weighted by Gasteiger charge is 2.80. The fraction of sp³-hybridized carbons (Fsp3) is 0.519. The lowest BCUT2D eigenvalue weighted by Crippen LogP contribution is -2.71. The number of para-hydroxylation sites is 1. The molecule has 2 heterocycles. The number of amides is 7. The molecule has 8 N–H and O–H groups in total. The SMILES string of the molecule is COCC(=O)[C@@]12OC(CCc3ccc(NC(=O)OCc4ccc(NC(=O)[C@H](CCCNC(N)=O)CC(=O)[C@@H](NC(=O)CCOCCOCCOCCOCCNC(=O)CCC(=O)N5Cc6ccccc6C#Cc6ccccc65)C(C)C)cc4)cc3)O[C@@H]1C[C@H]1[C@@H]3C[C@H](F)C4=CC(=O)C=C[C@]4(C)[C@@]3(F)[C@@H](O)C[C@@]12C. The first-order chi connectivity index (χ1) is 51.9. The van der Waals surface area contributed by atoms with Crippen LogP contribution in [0.5, 0.6) is 0 Å². The van der Waals surface area contributed by atoms with E-state index < -0.39 is 106 Å². The zero-order chi connectivity index (χ0) is 77.2. The average Bonchev–Trinajstić information content (AvgIpc) is 1.44. The van der Waals surface area contributed by atoms with Crippen molar-refractivity contribution in [1.29, 1.82) is 0 Å². The maximum atomic E-state index is 17.9. The summed E-state index contributed by atoms with van der Waals surface area (Å²) in [6.45, 7) is 9.23. The number of aliphatic hydroxyl groups excluding tert-OH is 1. The zero-order valence-corrected chi connectivity index (χ0v) is 61.8. The number of aliphatic hydroxyl groups is 1.